The maximum absolute atomic E-state index is 9.04. The standard InChI is InChI=1S/C14H25NO/c1-5-16-13(9-15)8-14-11(3)6-10(2)7-12(14)4/h10-14H,5-8H2,1-4H3. The summed E-state index contributed by atoms with van der Waals surface area (Å²) in [5.74, 6) is 2.96. The van der Waals surface area contributed by atoms with Crippen LogP contribution in [0.5, 0.6) is 0 Å². The molecule has 0 amide bonds. The van der Waals surface area contributed by atoms with E-state index in [0.29, 0.717) is 12.5 Å². The van der Waals surface area contributed by atoms with Gasteiger partial charge in [0.15, 0.2) is 0 Å². The topological polar surface area (TPSA) is 33.0 Å². The third kappa shape index (κ3) is 3.49. The molecule has 0 bridgehead atoms. The molecule has 92 valence electrons. The molecule has 0 aliphatic heterocycles. The number of rotatable bonds is 4. The Labute approximate surface area is 100.0 Å². The zero-order chi connectivity index (χ0) is 12.1. The second-order valence-corrected chi connectivity index (χ2v) is 5.50. The molecular weight excluding hydrogens is 198 g/mol. The first-order valence-corrected chi connectivity index (χ1v) is 6.59. The van der Waals surface area contributed by atoms with Gasteiger partial charge in [-0.2, -0.15) is 5.26 Å². The molecule has 0 radical (unpaired) electrons. The summed E-state index contributed by atoms with van der Waals surface area (Å²) < 4.78 is 5.46. The van der Waals surface area contributed by atoms with E-state index in [9.17, 15) is 0 Å². The van der Waals surface area contributed by atoms with E-state index in [1.165, 1.54) is 12.8 Å². The van der Waals surface area contributed by atoms with Crippen molar-refractivity contribution >= 4 is 0 Å². The lowest BCUT2D eigenvalue weighted by Gasteiger charge is -2.38. The molecule has 16 heavy (non-hydrogen) atoms. The molecule has 0 aromatic rings. The molecule has 1 saturated carbocycles. The van der Waals surface area contributed by atoms with Gasteiger partial charge in [-0.15, -0.1) is 0 Å². The van der Waals surface area contributed by atoms with Crippen LogP contribution in [0.2, 0.25) is 0 Å². The Kier molecular flexibility index (Phi) is 5.28. The van der Waals surface area contributed by atoms with Crippen LogP contribution in [0.25, 0.3) is 0 Å². The second kappa shape index (κ2) is 6.25. The van der Waals surface area contributed by atoms with E-state index in [4.69, 9.17) is 10.00 Å². The Morgan fingerprint density at radius 2 is 1.81 bits per heavy atom. The minimum Gasteiger partial charge on any atom is -0.364 e. The van der Waals surface area contributed by atoms with Crippen LogP contribution in [0.4, 0.5) is 0 Å². The summed E-state index contributed by atoms with van der Waals surface area (Å²) in [6.45, 7) is 9.60. The van der Waals surface area contributed by atoms with E-state index in [1.54, 1.807) is 0 Å². The van der Waals surface area contributed by atoms with Crippen molar-refractivity contribution in [1.29, 1.82) is 5.26 Å². The Bertz CT molecular complexity index is 234. The first-order chi connectivity index (χ1) is 7.58. The van der Waals surface area contributed by atoms with Crippen molar-refractivity contribution in [2.45, 2.75) is 53.1 Å². The van der Waals surface area contributed by atoms with Crippen molar-refractivity contribution in [3.05, 3.63) is 0 Å². The molecule has 0 heterocycles. The molecular formula is C14H25NO. The van der Waals surface area contributed by atoms with Gasteiger partial charge in [0, 0.05) is 6.61 Å². The zero-order valence-electron chi connectivity index (χ0n) is 11.1. The maximum atomic E-state index is 9.04. The van der Waals surface area contributed by atoms with Gasteiger partial charge in [0.2, 0.25) is 0 Å². The van der Waals surface area contributed by atoms with Crippen molar-refractivity contribution in [3.63, 3.8) is 0 Å². The molecule has 1 fully saturated rings. The minimum absolute atomic E-state index is 0.201. The molecule has 3 unspecified atom stereocenters. The third-order valence-electron chi connectivity index (χ3n) is 4.01. The number of hydrogen-bond acceptors (Lipinski definition) is 2. The predicted octanol–water partition coefficient (Wildman–Crippen LogP) is 3.62. The normalized spacial score (nSPS) is 36.7. The van der Waals surface area contributed by atoms with Crippen molar-refractivity contribution in [3.8, 4) is 6.07 Å². The summed E-state index contributed by atoms with van der Waals surface area (Å²) in [5, 5.41) is 9.04. The third-order valence-corrected chi connectivity index (χ3v) is 4.01. The lowest BCUT2D eigenvalue weighted by Crippen LogP contribution is -2.32. The van der Waals surface area contributed by atoms with Crippen LogP contribution >= 0.6 is 0 Å². The molecule has 0 aromatic carbocycles. The molecule has 0 spiro atoms. The van der Waals surface area contributed by atoms with E-state index < -0.39 is 0 Å². The van der Waals surface area contributed by atoms with E-state index in [1.807, 2.05) is 6.92 Å². The highest BCUT2D eigenvalue weighted by atomic mass is 16.5. The molecule has 1 rings (SSSR count). The summed E-state index contributed by atoms with van der Waals surface area (Å²) in [6, 6.07) is 2.28. The van der Waals surface area contributed by atoms with Crippen molar-refractivity contribution < 1.29 is 4.74 Å². The smallest absolute Gasteiger partial charge is 0.144 e. The van der Waals surface area contributed by atoms with Gasteiger partial charge in [-0.25, -0.2) is 0 Å². The maximum Gasteiger partial charge on any atom is 0.144 e. The molecule has 1 aliphatic carbocycles. The van der Waals surface area contributed by atoms with E-state index in [2.05, 4.69) is 26.8 Å². The van der Waals surface area contributed by atoms with Crippen molar-refractivity contribution in [1.82, 2.24) is 0 Å². The quantitative estimate of drug-likeness (QED) is 0.729. The summed E-state index contributed by atoms with van der Waals surface area (Å²) in [7, 11) is 0. The highest BCUT2D eigenvalue weighted by Crippen LogP contribution is 2.40. The fraction of sp³-hybridized carbons (Fsp3) is 0.929. The van der Waals surface area contributed by atoms with Gasteiger partial charge in [-0.3, -0.25) is 0 Å². The molecule has 2 heteroatoms. The summed E-state index contributed by atoms with van der Waals surface area (Å²) in [5.41, 5.74) is 0. The minimum atomic E-state index is -0.201. The number of nitrogens with zero attached hydrogens (tertiary/aromatic N) is 1. The summed E-state index contributed by atoms with van der Waals surface area (Å²) in [4.78, 5) is 0. The van der Waals surface area contributed by atoms with Crippen LogP contribution in [0.3, 0.4) is 0 Å². The SMILES string of the molecule is CCOC(C#N)CC1C(C)CC(C)CC1C. The first kappa shape index (κ1) is 13.5. The number of hydrogen-bond donors (Lipinski definition) is 0. The monoisotopic (exact) mass is 223 g/mol. The predicted molar refractivity (Wildman–Crippen MR) is 65.9 cm³/mol. The molecule has 0 aromatic heterocycles. The zero-order valence-corrected chi connectivity index (χ0v) is 11.1. The van der Waals surface area contributed by atoms with Crippen LogP contribution in [0, 0.1) is 35.0 Å². The van der Waals surface area contributed by atoms with Gasteiger partial charge in [0.05, 0.1) is 6.07 Å². The summed E-state index contributed by atoms with van der Waals surface area (Å²) in [6.07, 6.45) is 3.33. The number of nitriles is 1. The highest BCUT2D eigenvalue weighted by Gasteiger charge is 2.32. The average molecular weight is 223 g/mol. The van der Waals surface area contributed by atoms with Gasteiger partial charge in [0.25, 0.3) is 0 Å². The fourth-order valence-electron chi connectivity index (χ4n) is 3.35. The van der Waals surface area contributed by atoms with Crippen LogP contribution in [-0.4, -0.2) is 12.7 Å². The van der Waals surface area contributed by atoms with Gasteiger partial charge < -0.3 is 4.74 Å². The highest BCUT2D eigenvalue weighted by molar-refractivity contribution is 4.90. The molecule has 1 aliphatic rings. The Morgan fingerprint density at radius 3 is 2.25 bits per heavy atom. The van der Waals surface area contributed by atoms with Crippen molar-refractivity contribution in [2.75, 3.05) is 6.61 Å². The Balaban J connectivity index is 2.54. The lowest BCUT2D eigenvalue weighted by molar-refractivity contribution is 0.0422. The Hall–Kier alpha value is -0.550. The van der Waals surface area contributed by atoms with Crippen LogP contribution < -0.4 is 0 Å². The lowest BCUT2D eigenvalue weighted by atomic mass is 9.68. The molecule has 2 nitrogen and oxygen atoms in total. The van der Waals surface area contributed by atoms with E-state index in [-0.39, 0.29) is 6.10 Å². The average Bonchev–Trinajstić information content (AvgIpc) is 2.21. The number of ether oxygens (including phenoxy) is 1. The van der Waals surface area contributed by atoms with Crippen LogP contribution in [0.1, 0.15) is 47.0 Å². The van der Waals surface area contributed by atoms with Gasteiger partial charge in [-0.05, 0) is 49.9 Å². The molecule has 0 saturated heterocycles. The molecule has 0 N–H and O–H groups in total. The largest absolute Gasteiger partial charge is 0.364 e. The van der Waals surface area contributed by atoms with Crippen LogP contribution in [-0.2, 0) is 4.74 Å². The van der Waals surface area contributed by atoms with Crippen molar-refractivity contribution in [2.24, 2.45) is 23.7 Å². The molecule has 3 atom stereocenters. The van der Waals surface area contributed by atoms with Gasteiger partial charge in [0.1, 0.15) is 6.10 Å². The Morgan fingerprint density at radius 1 is 1.25 bits per heavy atom. The van der Waals surface area contributed by atoms with E-state index in [0.717, 1.165) is 24.2 Å². The fourth-order valence-corrected chi connectivity index (χ4v) is 3.35. The second-order valence-electron chi connectivity index (χ2n) is 5.50. The van der Waals surface area contributed by atoms with Gasteiger partial charge >= 0.3 is 0 Å². The van der Waals surface area contributed by atoms with Gasteiger partial charge in [-0.1, -0.05) is 20.8 Å². The first-order valence-electron chi connectivity index (χ1n) is 6.59. The van der Waals surface area contributed by atoms with Crippen LogP contribution in [0.15, 0.2) is 0 Å². The van der Waals surface area contributed by atoms with E-state index >= 15 is 0 Å². The summed E-state index contributed by atoms with van der Waals surface area (Å²) >= 11 is 0.